The molecule has 148 valence electrons. The van der Waals surface area contributed by atoms with Gasteiger partial charge in [-0.2, -0.15) is 0 Å². The number of carbonyl (C=O) groups is 1. The second-order valence-electron chi connectivity index (χ2n) is 8.54. The fourth-order valence-electron chi connectivity index (χ4n) is 4.84. The second-order valence-corrected chi connectivity index (χ2v) is 8.54. The van der Waals surface area contributed by atoms with Gasteiger partial charge < -0.3 is 4.90 Å². The van der Waals surface area contributed by atoms with Crippen molar-refractivity contribution in [2.75, 3.05) is 26.2 Å². The van der Waals surface area contributed by atoms with E-state index in [-0.39, 0.29) is 17.4 Å². The van der Waals surface area contributed by atoms with E-state index in [0.717, 1.165) is 56.8 Å². The highest BCUT2D eigenvalue weighted by Gasteiger charge is 2.31. The Bertz CT molecular complexity index is 744. The molecule has 6 nitrogen and oxygen atoms in total. The van der Waals surface area contributed by atoms with Crippen molar-refractivity contribution in [1.82, 2.24) is 19.4 Å². The molecule has 0 saturated carbocycles. The fourth-order valence-corrected chi connectivity index (χ4v) is 4.84. The second kappa shape index (κ2) is 8.13. The van der Waals surface area contributed by atoms with Crippen LogP contribution in [0.1, 0.15) is 69.3 Å². The average Bonchev–Trinajstić information content (AvgIpc) is 3.03. The van der Waals surface area contributed by atoms with E-state index >= 15 is 0 Å². The number of fused-ring (bicyclic) bond motifs is 1. The number of carbonyl (C=O) groups excluding carboxylic acids is 1. The third kappa shape index (κ3) is 4.10. The Hall–Kier alpha value is -1.69. The van der Waals surface area contributed by atoms with Crippen molar-refractivity contribution >= 4 is 5.91 Å². The van der Waals surface area contributed by atoms with Crippen molar-refractivity contribution in [3.05, 3.63) is 27.9 Å². The number of nitrogens with zero attached hydrogens (tertiary/aromatic N) is 4. The maximum atomic E-state index is 12.8. The van der Waals surface area contributed by atoms with Crippen LogP contribution in [0.2, 0.25) is 0 Å². The average molecular weight is 373 g/mol. The molecule has 0 unspecified atom stereocenters. The number of aromatic nitrogens is 2. The summed E-state index contributed by atoms with van der Waals surface area (Å²) in [5.41, 5.74) is 0.985. The van der Waals surface area contributed by atoms with E-state index in [2.05, 4.69) is 11.8 Å². The largest absolute Gasteiger partial charge is 0.341 e. The Morgan fingerprint density at radius 2 is 1.96 bits per heavy atom. The molecule has 0 N–H and O–H groups in total. The minimum atomic E-state index is 0.0869. The standard InChI is InChI=1S/C21H32N4O2/c1-16-7-4-6-10-23(16)15-21(27)24-12-9-17(14-24)18-13-20(26)25-11-5-2-3-8-19(25)22-18/h13,16-17H,2-12,14-15H2,1H3/t16-,17-/m0/s1. The molecule has 0 bridgehead atoms. The van der Waals surface area contributed by atoms with Gasteiger partial charge in [0, 0.05) is 44.1 Å². The van der Waals surface area contributed by atoms with Crippen molar-refractivity contribution in [2.24, 2.45) is 0 Å². The summed E-state index contributed by atoms with van der Waals surface area (Å²) >= 11 is 0. The highest BCUT2D eigenvalue weighted by molar-refractivity contribution is 5.78. The van der Waals surface area contributed by atoms with Gasteiger partial charge in [-0.3, -0.25) is 19.1 Å². The minimum Gasteiger partial charge on any atom is -0.341 e. The number of piperidine rings is 1. The first-order valence-electron chi connectivity index (χ1n) is 10.7. The molecule has 1 aromatic heterocycles. The Morgan fingerprint density at radius 3 is 2.81 bits per heavy atom. The highest BCUT2D eigenvalue weighted by Crippen LogP contribution is 2.26. The van der Waals surface area contributed by atoms with E-state index in [9.17, 15) is 9.59 Å². The van der Waals surface area contributed by atoms with Crippen molar-refractivity contribution in [3.63, 3.8) is 0 Å². The van der Waals surface area contributed by atoms with E-state index in [1.165, 1.54) is 25.7 Å². The first kappa shape index (κ1) is 18.7. The molecule has 4 heterocycles. The maximum absolute atomic E-state index is 12.8. The summed E-state index contributed by atoms with van der Waals surface area (Å²) in [4.78, 5) is 34.5. The molecule has 0 aromatic carbocycles. The molecule has 27 heavy (non-hydrogen) atoms. The van der Waals surface area contributed by atoms with Crippen molar-refractivity contribution in [3.8, 4) is 0 Å². The third-order valence-electron chi connectivity index (χ3n) is 6.63. The molecule has 2 atom stereocenters. The van der Waals surface area contributed by atoms with Gasteiger partial charge in [0.05, 0.1) is 12.2 Å². The van der Waals surface area contributed by atoms with E-state index in [1.807, 2.05) is 9.47 Å². The van der Waals surface area contributed by atoms with E-state index in [0.29, 0.717) is 19.1 Å². The summed E-state index contributed by atoms with van der Waals surface area (Å²) in [7, 11) is 0. The maximum Gasteiger partial charge on any atom is 0.253 e. The third-order valence-corrected chi connectivity index (χ3v) is 6.63. The van der Waals surface area contributed by atoms with Gasteiger partial charge in [0.25, 0.3) is 5.56 Å². The van der Waals surface area contributed by atoms with Crippen LogP contribution in [0.15, 0.2) is 10.9 Å². The number of amides is 1. The lowest BCUT2D eigenvalue weighted by Gasteiger charge is -2.33. The Labute approximate surface area is 161 Å². The molecule has 1 aromatic rings. The molecule has 3 aliphatic heterocycles. The molecular weight excluding hydrogens is 340 g/mol. The Kier molecular flexibility index (Phi) is 5.62. The molecule has 2 fully saturated rings. The minimum absolute atomic E-state index is 0.0869. The van der Waals surface area contributed by atoms with E-state index in [4.69, 9.17) is 4.98 Å². The van der Waals surface area contributed by atoms with Crippen molar-refractivity contribution < 1.29 is 4.79 Å². The first-order valence-corrected chi connectivity index (χ1v) is 10.7. The van der Waals surface area contributed by atoms with Crippen LogP contribution in [-0.2, 0) is 17.8 Å². The summed E-state index contributed by atoms with van der Waals surface area (Å²) in [6, 6.07) is 2.23. The summed E-state index contributed by atoms with van der Waals surface area (Å²) < 4.78 is 1.85. The zero-order valence-electron chi connectivity index (χ0n) is 16.5. The highest BCUT2D eigenvalue weighted by atomic mass is 16.2. The molecule has 6 heteroatoms. The number of hydrogen-bond acceptors (Lipinski definition) is 4. The van der Waals surface area contributed by atoms with Crippen LogP contribution >= 0.6 is 0 Å². The van der Waals surface area contributed by atoms with Crippen molar-refractivity contribution in [2.45, 2.75) is 76.8 Å². The van der Waals surface area contributed by atoms with E-state index < -0.39 is 0 Å². The lowest BCUT2D eigenvalue weighted by molar-refractivity contribution is -0.132. The van der Waals surface area contributed by atoms with Gasteiger partial charge in [0.2, 0.25) is 5.91 Å². The van der Waals surface area contributed by atoms with Gasteiger partial charge in [-0.15, -0.1) is 0 Å². The van der Waals surface area contributed by atoms with Crippen LogP contribution in [-0.4, -0.2) is 57.5 Å². The van der Waals surface area contributed by atoms with Crippen LogP contribution in [0.3, 0.4) is 0 Å². The van der Waals surface area contributed by atoms with Crippen molar-refractivity contribution in [1.29, 1.82) is 0 Å². The lowest BCUT2D eigenvalue weighted by atomic mass is 10.0. The molecule has 0 spiro atoms. The van der Waals surface area contributed by atoms with Crippen LogP contribution in [0, 0.1) is 0 Å². The topological polar surface area (TPSA) is 58.4 Å². The Morgan fingerprint density at radius 1 is 1.11 bits per heavy atom. The lowest BCUT2D eigenvalue weighted by Crippen LogP contribution is -2.45. The van der Waals surface area contributed by atoms with Gasteiger partial charge in [0.15, 0.2) is 0 Å². The monoisotopic (exact) mass is 372 g/mol. The molecule has 3 aliphatic rings. The molecular formula is C21H32N4O2. The van der Waals surface area contributed by atoms with Crippen LogP contribution < -0.4 is 5.56 Å². The number of hydrogen-bond donors (Lipinski definition) is 0. The summed E-state index contributed by atoms with van der Waals surface area (Å²) in [5.74, 6) is 1.38. The zero-order chi connectivity index (χ0) is 18.8. The van der Waals surface area contributed by atoms with Crippen LogP contribution in [0.5, 0.6) is 0 Å². The molecule has 4 rings (SSSR count). The predicted octanol–water partition coefficient (Wildman–Crippen LogP) is 2.16. The molecule has 0 aliphatic carbocycles. The fraction of sp³-hybridized carbons (Fsp3) is 0.762. The Balaban J connectivity index is 1.42. The van der Waals surface area contributed by atoms with Crippen LogP contribution in [0.4, 0.5) is 0 Å². The van der Waals surface area contributed by atoms with Crippen LogP contribution in [0.25, 0.3) is 0 Å². The summed E-state index contributed by atoms with van der Waals surface area (Å²) in [5, 5.41) is 0. The smallest absolute Gasteiger partial charge is 0.253 e. The normalized spacial score (nSPS) is 26.6. The summed E-state index contributed by atoms with van der Waals surface area (Å²) in [6.07, 6.45) is 8.81. The number of rotatable bonds is 3. The first-order chi connectivity index (χ1) is 13.1. The molecule has 0 radical (unpaired) electrons. The predicted molar refractivity (Wildman–Crippen MR) is 105 cm³/mol. The summed E-state index contributed by atoms with van der Waals surface area (Å²) in [6.45, 7) is 6.08. The van der Waals surface area contributed by atoms with Gasteiger partial charge in [-0.25, -0.2) is 4.98 Å². The quantitative estimate of drug-likeness (QED) is 0.816. The SMILES string of the molecule is C[C@H]1CCCCN1CC(=O)N1CC[C@H](c2cc(=O)n3c(n2)CCCCC3)C1. The number of aryl methyl sites for hydroxylation is 1. The number of likely N-dealkylation sites (tertiary alicyclic amines) is 2. The molecule has 2 saturated heterocycles. The van der Waals surface area contributed by atoms with Gasteiger partial charge in [-0.1, -0.05) is 12.8 Å². The van der Waals surface area contributed by atoms with E-state index in [1.54, 1.807) is 6.07 Å². The van der Waals surface area contributed by atoms with Gasteiger partial charge >= 0.3 is 0 Å². The molecule has 1 amide bonds. The zero-order valence-corrected chi connectivity index (χ0v) is 16.5. The van der Waals surface area contributed by atoms with Gasteiger partial charge in [0.1, 0.15) is 5.82 Å². The van der Waals surface area contributed by atoms with Gasteiger partial charge in [-0.05, 0) is 45.6 Å².